The Morgan fingerprint density at radius 3 is 2.83 bits per heavy atom. The molecule has 1 amide bonds. The van der Waals surface area contributed by atoms with E-state index in [1.54, 1.807) is 18.2 Å². The van der Waals surface area contributed by atoms with Gasteiger partial charge in [-0.05, 0) is 30.9 Å². The number of carbonyl (C=O) groups is 1. The Hall–Kier alpha value is -2.10. The largest absolute Gasteiger partial charge is 0.348 e. The van der Waals surface area contributed by atoms with Crippen LogP contribution in [0.1, 0.15) is 30.8 Å². The third kappa shape index (κ3) is 2.42. The van der Waals surface area contributed by atoms with Crippen LogP contribution in [0.3, 0.4) is 0 Å². The van der Waals surface area contributed by atoms with Crippen LogP contribution in [0, 0.1) is 0 Å². The Bertz CT molecular complexity index is 631. The number of amides is 1. The first-order valence-electron chi connectivity index (χ1n) is 6.04. The molecule has 2 N–H and O–H groups in total. The van der Waals surface area contributed by atoms with Gasteiger partial charge in [-0.1, -0.05) is 25.1 Å². The van der Waals surface area contributed by atoms with E-state index in [0.29, 0.717) is 11.1 Å². The Labute approximate surface area is 105 Å². The molecule has 4 nitrogen and oxygen atoms in total. The van der Waals surface area contributed by atoms with Crippen molar-refractivity contribution in [3.05, 3.63) is 46.4 Å². The second-order valence-electron chi connectivity index (χ2n) is 4.38. The average molecular weight is 244 g/mol. The molecule has 0 aliphatic carbocycles. The zero-order valence-electron chi connectivity index (χ0n) is 10.5. The van der Waals surface area contributed by atoms with E-state index in [9.17, 15) is 9.59 Å². The molecule has 0 bridgehead atoms. The smallest absolute Gasteiger partial charge is 0.268 e. The molecule has 4 heteroatoms. The first-order valence-corrected chi connectivity index (χ1v) is 6.04. The summed E-state index contributed by atoms with van der Waals surface area (Å²) in [7, 11) is 0. The molecular weight excluding hydrogens is 228 g/mol. The lowest BCUT2D eigenvalue weighted by Gasteiger charge is -2.11. The molecule has 94 valence electrons. The van der Waals surface area contributed by atoms with Crippen LogP contribution in [0.25, 0.3) is 10.8 Å². The van der Waals surface area contributed by atoms with Crippen LogP contribution in [0.5, 0.6) is 0 Å². The van der Waals surface area contributed by atoms with Crippen molar-refractivity contribution < 1.29 is 4.79 Å². The fraction of sp³-hybridized carbons (Fsp3) is 0.286. The molecule has 2 aromatic rings. The lowest BCUT2D eigenvalue weighted by atomic mass is 10.1. The van der Waals surface area contributed by atoms with Gasteiger partial charge in [-0.3, -0.25) is 9.59 Å². The molecule has 18 heavy (non-hydrogen) atoms. The summed E-state index contributed by atoms with van der Waals surface area (Å²) >= 11 is 0. The number of rotatable bonds is 3. The molecule has 1 unspecified atom stereocenters. The molecule has 0 saturated heterocycles. The monoisotopic (exact) mass is 244 g/mol. The quantitative estimate of drug-likeness (QED) is 0.868. The zero-order chi connectivity index (χ0) is 13.1. The molecule has 0 saturated carbocycles. The van der Waals surface area contributed by atoms with Gasteiger partial charge in [0.25, 0.3) is 11.5 Å². The highest BCUT2D eigenvalue weighted by Gasteiger charge is 2.11. The van der Waals surface area contributed by atoms with E-state index in [1.807, 2.05) is 26.0 Å². The molecule has 2 rings (SSSR count). The van der Waals surface area contributed by atoms with Crippen molar-refractivity contribution >= 4 is 16.7 Å². The lowest BCUT2D eigenvalue weighted by molar-refractivity contribution is 0.0934. The average Bonchev–Trinajstić information content (AvgIpc) is 2.38. The van der Waals surface area contributed by atoms with Crippen LogP contribution in [0.15, 0.2) is 35.1 Å². The number of hydrogen-bond donors (Lipinski definition) is 2. The van der Waals surface area contributed by atoms with Crippen molar-refractivity contribution in [2.75, 3.05) is 0 Å². The third-order valence-corrected chi connectivity index (χ3v) is 2.99. The van der Waals surface area contributed by atoms with Crippen LogP contribution in [0.4, 0.5) is 0 Å². The minimum absolute atomic E-state index is 0.0903. The number of H-pyrrole nitrogens is 1. The van der Waals surface area contributed by atoms with Crippen LogP contribution in [-0.2, 0) is 0 Å². The summed E-state index contributed by atoms with van der Waals surface area (Å²) in [5, 5.41) is 4.20. The van der Waals surface area contributed by atoms with Gasteiger partial charge >= 0.3 is 0 Å². The number of aromatic nitrogens is 1. The van der Waals surface area contributed by atoms with Gasteiger partial charge in [0.05, 0.1) is 0 Å². The Kier molecular flexibility index (Phi) is 3.46. The zero-order valence-corrected chi connectivity index (χ0v) is 10.5. The maximum absolute atomic E-state index is 11.9. The van der Waals surface area contributed by atoms with Gasteiger partial charge in [0.1, 0.15) is 5.69 Å². The van der Waals surface area contributed by atoms with E-state index in [0.717, 1.165) is 11.8 Å². The molecule has 0 aliphatic rings. The van der Waals surface area contributed by atoms with Crippen molar-refractivity contribution in [1.29, 1.82) is 0 Å². The first-order chi connectivity index (χ1) is 8.61. The molecule has 1 aromatic carbocycles. The minimum atomic E-state index is -0.243. The van der Waals surface area contributed by atoms with E-state index >= 15 is 0 Å². The molecular formula is C14H16N2O2. The van der Waals surface area contributed by atoms with Crippen LogP contribution in [-0.4, -0.2) is 16.9 Å². The van der Waals surface area contributed by atoms with Crippen molar-refractivity contribution in [3.63, 3.8) is 0 Å². The topological polar surface area (TPSA) is 62.0 Å². The van der Waals surface area contributed by atoms with Gasteiger partial charge in [-0.15, -0.1) is 0 Å². The van der Waals surface area contributed by atoms with E-state index in [2.05, 4.69) is 10.3 Å². The standard InChI is InChI=1S/C14H16N2O2/c1-3-9(2)15-14(18)12-8-10-6-4-5-7-11(10)13(17)16-12/h4-9H,3H2,1-2H3,(H,15,18)(H,16,17). The Morgan fingerprint density at radius 1 is 1.39 bits per heavy atom. The van der Waals surface area contributed by atoms with Crippen molar-refractivity contribution in [2.45, 2.75) is 26.3 Å². The highest BCUT2D eigenvalue weighted by atomic mass is 16.2. The highest BCUT2D eigenvalue weighted by Crippen LogP contribution is 2.09. The number of carbonyl (C=O) groups excluding carboxylic acids is 1. The number of nitrogens with one attached hydrogen (secondary N) is 2. The third-order valence-electron chi connectivity index (χ3n) is 2.99. The molecule has 0 radical (unpaired) electrons. The minimum Gasteiger partial charge on any atom is -0.348 e. The van der Waals surface area contributed by atoms with Gasteiger partial charge in [0.15, 0.2) is 0 Å². The van der Waals surface area contributed by atoms with Gasteiger partial charge in [-0.2, -0.15) is 0 Å². The molecule has 0 fully saturated rings. The van der Waals surface area contributed by atoms with Crippen LogP contribution < -0.4 is 10.9 Å². The first kappa shape index (κ1) is 12.4. The van der Waals surface area contributed by atoms with Gasteiger partial charge < -0.3 is 10.3 Å². The number of aromatic amines is 1. The summed E-state index contributed by atoms with van der Waals surface area (Å²) < 4.78 is 0. The maximum atomic E-state index is 11.9. The second kappa shape index (κ2) is 5.04. The Morgan fingerprint density at radius 2 is 2.11 bits per heavy atom. The Balaban J connectivity index is 2.41. The SMILES string of the molecule is CCC(C)NC(=O)c1cc2ccccc2c(=O)[nH]1. The number of hydrogen-bond acceptors (Lipinski definition) is 2. The fourth-order valence-electron chi connectivity index (χ4n) is 1.74. The highest BCUT2D eigenvalue weighted by molar-refractivity contribution is 5.96. The summed E-state index contributed by atoms with van der Waals surface area (Å²) in [5.74, 6) is -0.243. The molecule has 0 spiro atoms. The molecule has 1 atom stereocenters. The van der Waals surface area contributed by atoms with E-state index in [1.165, 1.54) is 0 Å². The van der Waals surface area contributed by atoms with Gasteiger partial charge in [-0.25, -0.2) is 0 Å². The lowest BCUT2D eigenvalue weighted by Crippen LogP contribution is -2.33. The summed E-state index contributed by atoms with van der Waals surface area (Å²) in [6.07, 6.45) is 0.851. The molecule has 1 aromatic heterocycles. The van der Waals surface area contributed by atoms with E-state index < -0.39 is 0 Å². The van der Waals surface area contributed by atoms with Crippen molar-refractivity contribution in [3.8, 4) is 0 Å². The van der Waals surface area contributed by atoms with Crippen molar-refractivity contribution in [1.82, 2.24) is 10.3 Å². The van der Waals surface area contributed by atoms with Crippen LogP contribution in [0.2, 0.25) is 0 Å². The van der Waals surface area contributed by atoms with Gasteiger partial charge in [0.2, 0.25) is 0 Å². The maximum Gasteiger partial charge on any atom is 0.268 e. The second-order valence-corrected chi connectivity index (χ2v) is 4.38. The molecule has 0 aliphatic heterocycles. The van der Waals surface area contributed by atoms with Crippen molar-refractivity contribution in [2.24, 2.45) is 0 Å². The van der Waals surface area contributed by atoms with E-state index in [-0.39, 0.29) is 17.5 Å². The fourth-order valence-corrected chi connectivity index (χ4v) is 1.74. The van der Waals surface area contributed by atoms with Crippen LogP contribution >= 0.6 is 0 Å². The normalized spacial score (nSPS) is 12.3. The summed E-state index contributed by atoms with van der Waals surface area (Å²) in [5.41, 5.74) is 0.0707. The number of benzene rings is 1. The molecule has 1 heterocycles. The predicted molar refractivity (Wildman–Crippen MR) is 71.8 cm³/mol. The summed E-state index contributed by atoms with van der Waals surface area (Å²) in [4.78, 5) is 26.4. The van der Waals surface area contributed by atoms with E-state index in [4.69, 9.17) is 0 Å². The number of fused-ring (bicyclic) bond motifs is 1. The predicted octanol–water partition coefficient (Wildman–Crippen LogP) is 2.06. The number of pyridine rings is 1. The summed E-state index contributed by atoms with van der Waals surface area (Å²) in [6.45, 7) is 3.92. The summed E-state index contributed by atoms with van der Waals surface area (Å²) in [6, 6.07) is 9.01. The van der Waals surface area contributed by atoms with Gasteiger partial charge in [0, 0.05) is 11.4 Å².